The second kappa shape index (κ2) is 9.75. The van der Waals surface area contributed by atoms with E-state index in [2.05, 4.69) is 14.4 Å². The van der Waals surface area contributed by atoms with Crippen molar-refractivity contribution in [1.82, 2.24) is 5.16 Å². The zero-order valence-electron chi connectivity index (χ0n) is 20.0. The van der Waals surface area contributed by atoms with Crippen LogP contribution in [0, 0.1) is 5.82 Å². The van der Waals surface area contributed by atoms with E-state index in [0.717, 1.165) is 18.2 Å². The molecule has 2 heterocycles. The average Bonchev–Trinajstić information content (AvgIpc) is 3.40. The summed E-state index contributed by atoms with van der Waals surface area (Å²) >= 11 is 0. The first kappa shape index (κ1) is 26.3. The number of anilines is 3. The van der Waals surface area contributed by atoms with Crippen LogP contribution < -0.4 is 14.4 Å². The molecule has 0 aliphatic carbocycles. The highest BCUT2D eigenvalue weighted by Gasteiger charge is 2.31. The average molecular weight is 562 g/mol. The molecule has 1 aliphatic heterocycles. The van der Waals surface area contributed by atoms with Crippen LogP contribution in [-0.4, -0.2) is 32.0 Å². The van der Waals surface area contributed by atoms with Gasteiger partial charge in [-0.15, -0.1) is 0 Å². The molecule has 0 amide bonds. The molecule has 1 atom stereocenters. The van der Waals surface area contributed by atoms with Crippen molar-refractivity contribution in [1.29, 1.82) is 0 Å². The number of methoxy groups -OCH3 is 1. The lowest BCUT2D eigenvalue weighted by atomic mass is 10.00. The number of nitrogens with one attached hydrogen (secondary N) is 1. The first-order chi connectivity index (χ1) is 18.5. The summed E-state index contributed by atoms with van der Waals surface area (Å²) in [6.07, 6.45) is -1.83. The quantitative estimate of drug-likeness (QED) is 0.287. The lowest BCUT2D eigenvalue weighted by Gasteiger charge is -2.34. The zero-order chi connectivity index (χ0) is 27.9. The smallest absolute Gasteiger partial charge is 0.416 e. The number of ether oxygens (including phenoxy) is 1. The Bertz CT molecular complexity index is 1670. The highest BCUT2D eigenvalue weighted by Crippen LogP contribution is 2.43. The number of sulfonamides is 1. The molecular weight excluding hydrogens is 542 g/mol. The third-order valence-corrected chi connectivity index (χ3v) is 7.34. The maximum absolute atomic E-state index is 15.4. The standard InChI is InChI=1S/C26H19F4N3O5S/c1-37-23-13-19(15-3-2-4-17(11-15)26(28,29)30)20(27)14-22(23)33-21-7-6-18(12-16(21)5-8-25(33)34)39(35,36)32-24-9-10-38-31-24/h2-14,25,34H,1H3,(H,31,32). The van der Waals surface area contributed by atoms with Crippen LogP contribution in [0.2, 0.25) is 0 Å². The van der Waals surface area contributed by atoms with E-state index in [1.54, 1.807) is 0 Å². The highest BCUT2D eigenvalue weighted by atomic mass is 32.2. The van der Waals surface area contributed by atoms with Gasteiger partial charge in [0.05, 0.1) is 28.9 Å². The summed E-state index contributed by atoms with van der Waals surface area (Å²) in [5.41, 5.74) is -0.301. The van der Waals surface area contributed by atoms with Gasteiger partial charge in [-0.05, 0) is 53.6 Å². The molecule has 0 saturated carbocycles. The number of aliphatic hydroxyl groups is 1. The minimum atomic E-state index is -4.61. The lowest BCUT2D eigenvalue weighted by molar-refractivity contribution is -0.137. The number of hydrogen-bond donors (Lipinski definition) is 2. The second-order valence-electron chi connectivity index (χ2n) is 8.44. The summed E-state index contributed by atoms with van der Waals surface area (Å²) in [6, 6.07) is 11.9. The third kappa shape index (κ3) is 5.05. The van der Waals surface area contributed by atoms with Crippen molar-refractivity contribution in [2.24, 2.45) is 0 Å². The van der Waals surface area contributed by atoms with Crippen molar-refractivity contribution in [3.8, 4) is 16.9 Å². The van der Waals surface area contributed by atoms with Crippen molar-refractivity contribution < 1.29 is 40.3 Å². The van der Waals surface area contributed by atoms with E-state index in [1.165, 1.54) is 72.9 Å². The van der Waals surface area contributed by atoms with Gasteiger partial charge in [0.2, 0.25) is 0 Å². The molecule has 1 aromatic heterocycles. The van der Waals surface area contributed by atoms with Gasteiger partial charge in [0.25, 0.3) is 10.0 Å². The Kier molecular flexibility index (Phi) is 6.56. The van der Waals surface area contributed by atoms with E-state index in [-0.39, 0.29) is 33.3 Å². The first-order valence-electron chi connectivity index (χ1n) is 11.3. The Morgan fingerprint density at radius 3 is 2.56 bits per heavy atom. The molecule has 0 spiro atoms. The number of aromatic nitrogens is 1. The van der Waals surface area contributed by atoms with Gasteiger partial charge in [0.1, 0.15) is 17.8 Å². The Labute approximate surface area is 219 Å². The molecule has 1 aliphatic rings. The fraction of sp³-hybridized carbons (Fsp3) is 0.115. The number of halogens is 4. The molecule has 4 aromatic rings. The van der Waals surface area contributed by atoms with Gasteiger partial charge in [0.15, 0.2) is 12.0 Å². The van der Waals surface area contributed by atoms with Gasteiger partial charge in [0, 0.05) is 17.7 Å². The molecule has 39 heavy (non-hydrogen) atoms. The second-order valence-corrected chi connectivity index (χ2v) is 10.1. The predicted octanol–water partition coefficient (Wildman–Crippen LogP) is 5.79. The van der Waals surface area contributed by atoms with Crippen molar-refractivity contribution in [3.05, 3.63) is 89.9 Å². The van der Waals surface area contributed by atoms with Gasteiger partial charge in [-0.2, -0.15) is 13.2 Å². The van der Waals surface area contributed by atoms with Crippen molar-refractivity contribution >= 4 is 33.3 Å². The van der Waals surface area contributed by atoms with Crippen LogP contribution in [0.4, 0.5) is 34.8 Å². The number of hydrogen-bond acceptors (Lipinski definition) is 7. The first-order valence-corrected chi connectivity index (χ1v) is 12.7. The summed E-state index contributed by atoms with van der Waals surface area (Å²) in [4.78, 5) is 1.21. The normalized spacial score (nSPS) is 15.2. The minimum Gasteiger partial charge on any atom is -0.495 e. The Morgan fingerprint density at radius 2 is 1.87 bits per heavy atom. The van der Waals surface area contributed by atoms with Gasteiger partial charge >= 0.3 is 6.18 Å². The van der Waals surface area contributed by atoms with Crippen LogP contribution >= 0.6 is 0 Å². The Morgan fingerprint density at radius 1 is 1.08 bits per heavy atom. The summed E-state index contributed by atoms with van der Waals surface area (Å²) in [5.74, 6) is -0.806. The van der Waals surface area contributed by atoms with Crippen LogP contribution in [0.5, 0.6) is 5.75 Å². The van der Waals surface area contributed by atoms with E-state index in [0.29, 0.717) is 11.3 Å². The molecule has 0 fully saturated rings. The number of benzene rings is 3. The van der Waals surface area contributed by atoms with Gasteiger partial charge in [-0.1, -0.05) is 23.4 Å². The number of rotatable bonds is 6. The summed E-state index contributed by atoms with van der Waals surface area (Å²) in [5, 5.41) is 14.3. The molecular formula is C26H19F4N3O5S. The third-order valence-electron chi connectivity index (χ3n) is 5.99. The Hall–Kier alpha value is -4.36. The molecule has 1 unspecified atom stereocenters. The molecule has 0 bridgehead atoms. The van der Waals surface area contributed by atoms with Gasteiger partial charge in [-0.3, -0.25) is 4.72 Å². The number of fused-ring (bicyclic) bond motifs is 1. The summed E-state index contributed by atoms with van der Waals surface area (Å²) < 4.78 is 92.9. The SMILES string of the molecule is COc1cc(-c2cccc(C(F)(F)F)c2)c(F)cc1N1c2ccc(S(=O)(=O)Nc3ccon3)cc2C=CC1O. The van der Waals surface area contributed by atoms with Gasteiger partial charge in [-0.25, -0.2) is 12.8 Å². The predicted molar refractivity (Wildman–Crippen MR) is 134 cm³/mol. The van der Waals surface area contributed by atoms with E-state index in [1.807, 2.05) is 0 Å². The lowest BCUT2D eigenvalue weighted by Crippen LogP contribution is -2.32. The van der Waals surface area contributed by atoms with Crippen LogP contribution in [0.25, 0.3) is 17.2 Å². The number of nitrogens with zero attached hydrogens (tertiary/aromatic N) is 2. The van der Waals surface area contributed by atoms with Crippen LogP contribution in [0.1, 0.15) is 11.1 Å². The van der Waals surface area contributed by atoms with Gasteiger partial charge < -0.3 is 19.3 Å². The molecule has 0 saturated heterocycles. The number of aliphatic hydroxyl groups excluding tert-OH is 1. The Balaban J connectivity index is 1.55. The molecule has 5 rings (SSSR count). The van der Waals surface area contributed by atoms with Crippen LogP contribution in [-0.2, 0) is 16.2 Å². The topological polar surface area (TPSA) is 105 Å². The van der Waals surface area contributed by atoms with E-state index in [4.69, 9.17) is 4.74 Å². The molecule has 3 aromatic carbocycles. The van der Waals surface area contributed by atoms with Crippen molar-refractivity contribution in [2.75, 3.05) is 16.7 Å². The fourth-order valence-corrected chi connectivity index (χ4v) is 5.21. The molecule has 0 radical (unpaired) electrons. The largest absolute Gasteiger partial charge is 0.495 e. The monoisotopic (exact) mass is 561 g/mol. The zero-order valence-corrected chi connectivity index (χ0v) is 20.8. The van der Waals surface area contributed by atoms with Crippen LogP contribution in [0.3, 0.4) is 0 Å². The van der Waals surface area contributed by atoms with Crippen molar-refractivity contribution in [2.45, 2.75) is 17.3 Å². The highest BCUT2D eigenvalue weighted by molar-refractivity contribution is 7.92. The van der Waals surface area contributed by atoms with E-state index in [9.17, 15) is 26.7 Å². The minimum absolute atomic E-state index is 0.0126. The van der Waals surface area contributed by atoms with E-state index >= 15 is 4.39 Å². The maximum atomic E-state index is 15.4. The summed E-state index contributed by atoms with van der Waals surface area (Å²) in [7, 11) is -2.74. The summed E-state index contributed by atoms with van der Waals surface area (Å²) in [6.45, 7) is 0. The van der Waals surface area contributed by atoms with Crippen molar-refractivity contribution in [3.63, 3.8) is 0 Å². The molecule has 2 N–H and O–H groups in total. The van der Waals surface area contributed by atoms with E-state index < -0.39 is 33.8 Å². The fourth-order valence-electron chi connectivity index (χ4n) is 4.18. The number of alkyl halides is 3. The molecule has 8 nitrogen and oxygen atoms in total. The maximum Gasteiger partial charge on any atom is 0.416 e. The van der Waals surface area contributed by atoms with Crippen LogP contribution in [0.15, 0.2) is 82.4 Å². The molecule has 13 heteroatoms. The molecule has 202 valence electrons.